The van der Waals surface area contributed by atoms with Crippen LogP contribution in [0.15, 0.2) is 54.1 Å². The van der Waals surface area contributed by atoms with Crippen LogP contribution in [0, 0.1) is 6.92 Å². The average molecular weight is 505 g/mol. The van der Waals surface area contributed by atoms with E-state index in [1.54, 1.807) is 56.3 Å². The van der Waals surface area contributed by atoms with E-state index in [1.807, 2.05) is 13.0 Å². The highest BCUT2D eigenvalue weighted by Crippen LogP contribution is 2.44. The topological polar surface area (TPSA) is 106 Å². The summed E-state index contributed by atoms with van der Waals surface area (Å²) >= 11 is 0.982. The van der Waals surface area contributed by atoms with Crippen LogP contribution in [0.4, 0.5) is 5.13 Å². The lowest BCUT2D eigenvalue weighted by Gasteiger charge is -2.23. The number of nitrogens with zero attached hydrogens (tertiary/aromatic N) is 2. The number of anilines is 1. The number of amides is 1. The van der Waals surface area contributed by atoms with E-state index in [-0.39, 0.29) is 34.1 Å². The SMILES string of the molecule is CCOC(=O)c1sc(N2C(=O)C(=O)C(=C(O)c3ccc4c(c3)C[C@H](C)O4)[C@@H]2c2ccccc2)nc1C. The Labute approximate surface area is 211 Å². The number of fused-ring (bicyclic) bond motifs is 1. The summed E-state index contributed by atoms with van der Waals surface area (Å²) < 4.78 is 10.9. The fraction of sp³-hybridized carbons (Fsp3) is 0.259. The third-order valence-corrected chi connectivity index (χ3v) is 7.32. The molecule has 36 heavy (non-hydrogen) atoms. The number of ketones is 1. The number of ether oxygens (including phenoxy) is 2. The first-order chi connectivity index (χ1) is 17.3. The van der Waals surface area contributed by atoms with Gasteiger partial charge in [-0.3, -0.25) is 14.5 Å². The van der Waals surface area contributed by atoms with Crippen molar-refractivity contribution >= 4 is 39.9 Å². The maximum Gasteiger partial charge on any atom is 0.350 e. The number of carbonyl (C=O) groups excluding carboxylic acids is 3. The highest BCUT2D eigenvalue weighted by molar-refractivity contribution is 7.17. The molecule has 0 spiro atoms. The molecule has 3 aromatic rings. The molecule has 1 saturated heterocycles. The monoisotopic (exact) mass is 504 g/mol. The molecule has 9 heteroatoms. The second-order valence-corrected chi connectivity index (χ2v) is 9.64. The molecule has 1 N–H and O–H groups in total. The molecule has 2 aromatic carbocycles. The molecule has 1 amide bonds. The van der Waals surface area contributed by atoms with Gasteiger partial charge in [0.05, 0.1) is 23.9 Å². The van der Waals surface area contributed by atoms with E-state index in [0.29, 0.717) is 23.2 Å². The molecule has 2 aliphatic rings. The van der Waals surface area contributed by atoms with Crippen LogP contribution in [0.25, 0.3) is 5.76 Å². The molecule has 1 aromatic heterocycles. The van der Waals surface area contributed by atoms with E-state index < -0.39 is 23.7 Å². The number of Topliss-reactive ketones (excluding diaryl/α,β-unsaturated/α-hetero) is 1. The Morgan fingerprint density at radius 1 is 1.22 bits per heavy atom. The largest absolute Gasteiger partial charge is 0.507 e. The van der Waals surface area contributed by atoms with Gasteiger partial charge < -0.3 is 14.6 Å². The normalized spacial score (nSPS) is 20.4. The van der Waals surface area contributed by atoms with Crippen LogP contribution >= 0.6 is 11.3 Å². The summed E-state index contributed by atoms with van der Waals surface area (Å²) in [5.74, 6) is -1.72. The van der Waals surface area contributed by atoms with E-state index in [4.69, 9.17) is 9.47 Å². The zero-order valence-electron chi connectivity index (χ0n) is 20.0. The quantitative estimate of drug-likeness (QED) is 0.235. The molecule has 3 heterocycles. The molecular formula is C27H24N2O6S. The van der Waals surface area contributed by atoms with E-state index in [0.717, 1.165) is 22.6 Å². The summed E-state index contributed by atoms with van der Waals surface area (Å²) in [4.78, 5) is 45.0. The Bertz CT molecular complexity index is 1410. The molecule has 0 unspecified atom stereocenters. The molecule has 0 radical (unpaired) electrons. The summed E-state index contributed by atoms with van der Waals surface area (Å²) in [6, 6.07) is 13.3. The number of esters is 1. The molecule has 2 atom stereocenters. The molecule has 0 bridgehead atoms. The fourth-order valence-corrected chi connectivity index (χ4v) is 5.56. The first-order valence-corrected chi connectivity index (χ1v) is 12.4. The molecule has 0 saturated carbocycles. The number of aromatic nitrogens is 1. The van der Waals surface area contributed by atoms with Crippen molar-refractivity contribution < 1.29 is 29.0 Å². The molecule has 8 nitrogen and oxygen atoms in total. The number of aliphatic hydroxyl groups is 1. The number of carbonyl (C=O) groups is 3. The Balaban J connectivity index is 1.65. The number of thiazole rings is 1. The van der Waals surface area contributed by atoms with Gasteiger partial charge >= 0.3 is 11.9 Å². The van der Waals surface area contributed by atoms with Gasteiger partial charge in [0.2, 0.25) is 0 Å². The standard InChI is InChI=1S/C27H24N2O6S/c1-4-34-26(33)24-15(3)28-27(36-24)29-21(16-8-6-5-7-9-16)20(23(31)25(29)32)22(30)17-10-11-19-18(13-17)12-14(2)35-19/h5-11,13-14,21,30H,4,12H2,1-3H3/t14-,21-/m0/s1. The number of rotatable bonds is 5. The predicted octanol–water partition coefficient (Wildman–Crippen LogP) is 4.58. The Morgan fingerprint density at radius 3 is 2.69 bits per heavy atom. The van der Waals surface area contributed by atoms with Crippen LogP contribution < -0.4 is 9.64 Å². The van der Waals surface area contributed by atoms with Gasteiger partial charge in [-0.25, -0.2) is 9.78 Å². The summed E-state index contributed by atoms with van der Waals surface area (Å²) in [5.41, 5.74) is 2.33. The van der Waals surface area contributed by atoms with E-state index >= 15 is 0 Å². The van der Waals surface area contributed by atoms with Crippen molar-refractivity contribution in [3.8, 4) is 5.75 Å². The van der Waals surface area contributed by atoms with Gasteiger partial charge in [0.15, 0.2) is 5.13 Å². The van der Waals surface area contributed by atoms with Crippen LogP contribution in [0.5, 0.6) is 5.75 Å². The second kappa shape index (κ2) is 9.23. The fourth-order valence-electron chi connectivity index (χ4n) is 4.58. The average Bonchev–Trinajstić information content (AvgIpc) is 3.51. The first kappa shape index (κ1) is 23.7. The minimum atomic E-state index is -0.921. The summed E-state index contributed by atoms with van der Waals surface area (Å²) in [5, 5.41) is 11.6. The van der Waals surface area contributed by atoms with Gasteiger partial charge in [-0.05, 0) is 50.1 Å². The molecule has 0 aliphatic carbocycles. The lowest BCUT2D eigenvalue weighted by Crippen LogP contribution is -2.29. The van der Waals surface area contributed by atoms with Crippen LogP contribution in [0.3, 0.4) is 0 Å². The third kappa shape index (κ3) is 3.95. The number of hydrogen-bond donors (Lipinski definition) is 1. The highest BCUT2D eigenvalue weighted by Gasteiger charge is 2.48. The van der Waals surface area contributed by atoms with Crippen molar-refractivity contribution in [3.05, 3.63) is 81.4 Å². The van der Waals surface area contributed by atoms with Crippen molar-refractivity contribution in [2.24, 2.45) is 0 Å². The number of benzene rings is 2. The van der Waals surface area contributed by atoms with Crippen LogP contribution in [0.2, 0.25) is 0 Å². The molecule has 5 rings (SSSR count). The molecule has 2 aliphatic heterocycles. The lowest BCUT2D eigenvalue weighted by molar-refractivity contribution is -0.132. The maximum absolute atomic E-state index is 13.4. The van der Waals surface area contributed by atoms with Gasteiger partial charge in [-0.2, -0.15) is 0 Å². The van der Waals surface area contributed by atoms with Gasteiger partial charge in [-0.1, -0.05) is 41.7 Å². The van der Waals surface area contributed by atoms with Crippen molar-refractivity contribution in [2.45, 2.75) is 39.3 Å². The van der Waals surface area contributed by atoms with Crippen molar-refractivity contribution in [1.82, 2.24) is 4.98 Å². The Morgan fingerprint density at radius 2 is 1.97 bits per heavy atom. The summed E-state index contributed by atoms with van der Waals surface area (Å²) in [7, 11) is 0. The van der Waals surface area contributed by atoms with Gasteiger partial charge in [0, 0.05) is 12.0 Å². The number of aryl methyl sites for hydroxylation is 1. The molecule has 1 fully saturated rings. The van der Waals surface area contributed by atoms with E-state index in [9.17, 15) is 19.5 Å². The van der Waals surface area contributed by atoms with Gasteiger partial charge in [-0.15, -0.1) is 0 Å². The molecular weight excluding hydrogens is 480 g/mol. The number of aliphatic hydroxyl groups excluding tert-OH is 1. The zero-order valence-corrected chi connectivity index (χ0v) is 20.8. The number of hydrogen-bond acceptors (Lipinski definition) is 8. The Hall–Kier alpha value is -3.98. The van der Waals surface area contributed by atoms with E-state index in [2.05, 4.69) is 4.98 Å². The third-order valence-electron chi connectivity index (χ3n) is 6.18. The zero-order chi connectivity index (χ0) is 25.6. The second-order valence-electron chi connectivity index (χ2n) is 8.67. The minimum Gasteiger partial charge on any atom is -0.507 e. The lowest BCUT2D eigenvalue weighted by atomic mass is 9.94. The van der Waals surface area contributed by atoms with Crippen molar-refractivity contribution in [3.63, 3.8) is 0 Å². The maximum atomic E-state index is 13.4. The first-order valence-electron chi connectivity index (χ1n) is 11.6. The van der Waals surface area contributed by atoms with Crippen LogP contribution in [0.1, 0.15) is 51.9 Å². The summed E-state index contributed by atoms with van der Waals surface area (Å²) in [6.07, 6.45) is 0.705. The highest BCUT2D eigenvalue weighted by atomic mass is 32.1. The molecule has 184 valence electrons. The van der Waals surface area contributed by atoms with Crippen LogP contribution in [-0.2, 0) is 20.7 Å². The Kier molecular flexibility index (Phi) is 6.09. The smallest absolute Gasteiger partial charge is 0.350 e. The predicted molar refractivity (Wildman–Crippen MR) is 134 cm³/mol. The van der Waals surface area contributed by atoms with E-state index in [1.165, 1.54) is 4.90 Å². The van der Waals surface area contributed by atoms with Crippen molar-refractivity contribution in [2.75, 3.05) is 11.5 Å². The minimum absolute atomic E-state index is 0.0223. The van der Waals surface area contributed by atoms with Gasteiger partial charge in [0.1, 0.15) is 22.5 Å². The summed E-state index contributed by atoms with van der Waals surface area (Å²) in [6.45, 7) is 5.51. The van der Waals surface area contributed by atoms with Crippen LogP contribution in [-0.4, -0.2) is 40.5 Å². The van der Waals surface area contributed by atoms with Crippen molar-refractivity contribution in [1.29, 1.82) is 0 Å². The van der Waals surface area contributed by atoms with Gasteiger partial charge in [0.25, 0.3) is 5.78 Å².